The highest BCUT2D eigenvalue weighted by Crippen LogP contribution is 2.37. The van der Waals surface area contributed by atoms with Crippen LogP contribution in [0.25, 0.3) is 15.3 Å². The van der Waals surface area contributed by atoms with E-state index in [0.717, 1.165) is 40.0 Å². The molecule has 2 aliphatic rings. The first-order valence-electron chi connectivity index (χ1n) is 12.6. The minimum absolute atomic E-state index is 0.185. The lowest BCUT2D eigenvalue weighted by Gasteiger charge is -2.26. The number of pyridine rings is 1. The highest BCUT2D eigenvalue weighted by molar-refractivity contribution is 7.21. The van der Waals surface area contributed by atoms with Gasteiger partial charge in [-0.3, -0.25) is 24.2 Å². The molecule has 2 fully saturated rings. The van der Waals surface area contributed by atoms with E-state index >= 15 is 0 Å². The molecule has 2 bridgehead atoms. The number of fused-ring (bicyclic) bond motifs is 3. The lowest BCUT2D eigenvalue weighted by atomic mass is 10.1. The van der Waals surface area contributed by atoms with Crippen molar-refractivity contribution in [3.05, 3.63) is 53.4 Å². The van der Waals surface area contributed by atoms with Gasteiger partial charge in [0.25, 0.3) is 11.8 Å². The second-order valence-electron chi connectivity index (χ2n) is 10.1. The van der Waals surface area contributed by atoms with Gasteiger partial charge in [-0.05, 0) is 45.1 Å². The average Bonchev–Trinajstić information content (AvgIpc) is 3.69. The number of anilines is 1. The lowest BCUT2D eigenvalue weighted by molar-refractivity contribution is 0.0943. The zero-order chi connectivity index (χ0) is 25.7. The van der Waals surface area contributed by atoms with Crippen LogP contribution in [0, 0.1) is 19.8 Å². The van der Waals surface area contributed by atoms with Crippen molar-refractivity contribution < 1.29 is 9.59 Å². The van der Waals surface area contributed by atoms with Crippen molar-refractivity contribution in [2.24, 2.45) is 13.0 Å². The molecule has 1 saturated carbocycles. The van der Waals surface area contributed by atoms with E-state index in [-0.39, 0.29) is 11.8 Å². The molecule has 6 rings (SSSR count). The Morgan fingerprint density at radius 1 is 1.14 bits per heavy atom. The summed E-state index contributed by atoms with van der Waals surface area (Å²) in [4.78, 5) is 34.6. The van der Waals surface area contributed by atoms with E-state index in [4.69, 9.17) is 0 Å². The number of hydrogen-bond acceptors (Lipinski definition) is 7. The van der Waals surface area contributed by atoms with Crippen LogP contribution in [-0.2, 0) is 7.05 Å². The van der Waals surface area contributed by atoms with Crippen molar-refractivity contribution in [3.8, 4) is 10.4 Å². The van der Waals surface area contributed by atoms with Gasteiger partial charge in [0.15, 0.2) is 0 Å². The quantitative estimate of drug-likeness (QED) is 0.389. The van der Waals surface area contributed by atoms with Crippen molar-refractivity contribution >= 4 is 33.7 Å². The van der Waals surface area contributed by atoms with Crippen LogP contribution in [-0.4, -0.2) is 66.8 Å². The van der Waals surface area contributed by atoms with Crippen molar-refractivity contribution in [1.29, 1.82) is 0 Å². The summed E-state index contributed by atoms with van der Waals surface area (Å²) in [6, 6.07) is 2.38. The van der Waals surface area contributed by atoms with E-state index in [1.807, 2.05) is 38.0 Å². The molecule has 1 aliphatic carbocycles. The maximum atomic E-state index is 13.2. The molecule has 192 valence electrons. The number of amides is 2. The molecule has 2 atom stereocenters. The summed E-state index contributed by atoms with van der Waals surface area (Å²) in [6.45, 7) is 6.44. The number of piperidine rings is 1. The highest BCUT2D eigenvalue weighted by atomic mass is 32.1. The number of nitrogens with zero attached hydrogens (tertiary/aromatic N) is 6. The van der Waals surface area contributed by atoms with Gasteiger partial charge in [-0.25, -0.2) is 4.52 Å². The molecule has 4 aromatic rings. The summed E-state index contributed by atoms with van der Waals surface area (Å²) in [5, 5.41) is 14.6. The van der Waals surface area contributed by atoms with Gasteiger partial charge in [0.2, 0.25) is 0 Å². The van der Waals surface area contributed by atoms with E-state index < -0.39 is 0 Å². The molecule has 5 heterocycles. The molecule has 0 radical (unpaired) electrons. The first-order valence-corrected chi connectivity index (χ1v) is 13.5. The predicted octanol–water partition coefficient (Wildman–Crippen LogP) is 3.27. The summed E-state index contributed by atoms with van der Waals surface area (Å²) in [5.74, 6) is 0.360. The largest absolute Gasteiger partial charge is 0.351 e. The average molecular weight is 519 g/mol. The van der Waals surface area contributed by atoms with Gasteiger partial charge in [-0.15, -0.1) is 11.3 Å². The first-order chi connectivity index (χ1) is 17.9. The zero-order valence-corrected chi connectivity index (χ0v) is 22.0. The third-order valence-corrected chi connectivity index (χ3v) is 8.89. The third kappa shape index (κ3) is 4.42. The van der Waals surface area contributed by atoms with Crippen LogP contribution in [0.1, 0.15) is 51.4 Å². The van der Waals surface area contributed by atoms with Crippen molar-refractivity contribution in [3.63, 3.8) is 0 Å². The van der Waals surface area contributed by atoms with E-state index in [1.54, 1.807) is 23.0 Å². The minimum Gasteiger partial charge on any atom is -0.351 e. The SMILES string of the molecule is Cc1ncc(C(=O)NCCN2C[C@H]3CC[C@@H]2C3)cc1NC(=O)c1cnn2cc(-c3cnn(C)c3C)sc12. The third-order valence-electron chi connectivity index (χ3n) is 7.75. The van der Waals surface area contributed by atoms with Crippen LogP contribution in [0.2, 0.25) is 0 Å². The van der Waals surface area contributed by atoms with Gasteiger partial charge < -0.3 is 10.6 Å². The Hall–Kier alpha value is -3.57. The monoisotopic (exact) mass is 518 g/mol. The molecule has 2 N–H and O–H groups in total. The lowest BCUT2D eigenvalue weighted by Crippen LogP contribution is -2.39. The zero-order valence-electron chi connectivity index (χ0n) is 21.2. The first kappa shape index (κ1) is 23.8. The molecule has 10 nitrogen and oxygen atoms in total. The number of carbonyl (C=O) groups excluding carboxylic acids is 2. The molecule has 4 aromatic heterocycles. The second-order valence-corrected chi connectivity index (χ2v) is 11.1. The van der Waals surface area contributed by atoms with Crippen LogP contribution in [0.3, 0.4) is 0 Å². The topological polar surface area (TPSA) is 109 Å². The Kier molecular flexibility index (Phi) is 6.04. The summed E-state index contributed by atoms with van der Waals surface area (Å²) < 4.78 is 3.53. The molecule has 0 unspecified atom stereocenters. The van der Waals surface area contributed by atoms with Crippen molar-refractivity contribution in [2.45, 2.75) is 39.2 Å². The molecule has 0 aromatic carbocycles. The normalized spacial score (nSPS) is 19.1. The fourth-order valence-corrected chi connectivity index (χ4v) is 6.62. The Balaban J connectivity index is 1.14. The standard InChI is InChI=1S/C26H30N8O2S/c1-15-22(9-18(10-28-15)24(35)27-6-7-33-13-17-4-5-19(33)8-17)31-25(36)21-12-30-34-14-23(37-26(21)34)20-11-29-32(3)16(20)2/h9-12,14,17,19H,4-8,13H2,1-3H3,(H,27,35)(H,31,36)/t17-,19+/m0/s1. The summed E-state index contributed by atoms with van der Waals surface area (Å²) in [5.41, 5.74) is 4.09. The van der Waals surface area contributed by atoms with Crippen LogP contribution in [0.15, 0.2) is 30.9 Å². The van der Waals surface area contributed by atoms with E-state index in [1.165, 1.54) is 30.6 Å². The Morgan fingerprint density at radius 2 is 2.00 bits per heavy atom. The molecular formula is C26H30N8O2S. The maximum absolute atomic E-state index is 13.2. The number of aromatic nitrogens is 5. The summed E-state index contributed by atoms with van der Waals surface area (Å²) >= 11 is 1.49. The molecule has 1 aliphatic heterocycles. The Morgan fingerprint density at radius 3 is 2.73 bits per heavy atom. The fourth-order valence-electron chi connectivity index (χ4n) is 5.50. The predicted molar refractivity (Wildman–Crippen MR) is 142 cm³/mol. The second kappa shape index (κ2) is 9.38. The molecule has 2 amide bonds. The number of aryl methyl sites for hydroxylation is 2. The Labute approximate surface area is 218 Å². The van der Waals surface area contributed by atoms with Gasteiger partial charge in [0.1, 0.15) is 4.83 Å². The van der Waals surface area contributed by atoms with Crippen LogP contribution in [0.4, 0.5) is 5.69 Å². The maximum Gasteiger partial charge on any atom is 0.260 e. The van der Waals surface area contributed by atoms with Crippen LogP contribution in [0.5, 0.6) is 0 Å². The Bertz CT molecular complexity index is 1500. The van der Waals surface area contributed by atoms with Gasteiger partial charge in [0, 0.05) is 56.4 Å². The summed E-state index contributed by atoms with van der Waals surface area (Å²) in [7, 11) is 1.90. The number of rotatable bonds is 7. The van der Waals surface area contributed by atoms with Crippen LogP contribution >= 0.6 is 11.3 Å². The van der Waals surface area contributed by atoms with Crippen LogP contribution < -0.4 is 10.6 Å². The number of nitrogens with one attached hydrogen (secondary N) is 2. The number of thiazole rings is 1. The van der Waals surface area contributed by atoms with E-state index in [0.29, 0.717) is 35.1 Å². The van der Waals surface area contributed by atoms with Crippen molar-refractivity contribution in [2.75, 3.05) is 25.0 Å². The molecule has 37 heavy (non-hydrogen) atoms. The molecule has 0 spiro atoms. The molecule has 11 heteroatoms. The summed E-state index contributed by atoms with van der Waals surface area (Å²) in [6.07, 6.45) is 10.8. The highest BCUT2D eigenvalue weighted by Gasteiger charge is 2.37. The molecular weight excluding hydrogens is 488 g/mol. The molecule has 1 saturated heterocycles. The van der Waals surface area contributed by atoms with Gasteiger partial charge in [-0.2, -0.15) is 10.2 Å². The van der Waals surface area contributed by atoms with E-state index in [2.05, 4.69) is 30.7 Å². The number of carbonyl (C=O) groups is 2. The fraction of sp³-hybridized carbons (Fsp3) is 0.423. The number of likely N-dealkylation sites (tertiary alicyclic amines) is 1. The smallest absolute Gasteiger partial charge is 0.260 e. The van der Waals surface area contributed by atoms with Crippen molar-refractivity contribution in [1.82, 2.24) is 34.6 Å². The van der Waals surface area contributed by atoms with Gasteiger partial charge in [-0.1, -0.05) is 0 Å². The minimum atomic E-state index is -0.294. The van der Waals surface area contributed by atoms with Gasteiger partial charge in [0.05, 0.1) is 39.8 Å². The number of hydrogen-bond donors (Lipinski definition) is 2. The van der Waals surface area contributed by atoms with E-state index in [9.17, 15) is 9.59 Å². The van der Waals surface area contributed by atoms with Gasteiger partial charge >= 0.3 is 0 Å².